The Kier molecular flexibility index (Phi) is 4.96. The third-order valence-electron chi connectivity index (χ3n) is 2.90. The number of carbonyl (C=O) groups excluding carboxylic acids is 3. The van der Waals surface area contributed by atoms with E-state index in [1.165, 1.54) is 19.2 Å². The van der Waals surface area contributed by atoms with Crippen molar-refractivity contribution in [2.45, 2.75) is 13.8 Å². The second-order valence-corrected chi connectivity index (χ2v) is 5.00. The summed E-state index contributed by atoms with van der Waals surface area (Å²) in [6, 6.07) is 3.51. The molecule has 2 amide bonds. The number of hydrogen-bond acceptors (Lipinski definition) is 3. The Bertz CT molecular complexity index is 541. The van der Waals surface area contributed by atoms with Crippen LogP contribution in [0.15, 0.2) is 18.2 Å². The van der Waals surface area contributed by atoms with Crippen molar-refractivity contribution >= 4 is 18.1 Å². The lowest BCUT2D eigenvalue weighted by Gasteiger charge is -2.22. The first-order chi connectivity index (χ1) is 9.31. The summed E-state index contributed by atoms with van der Waals surface area (Å²) in [7, 11) is 1.50. The Balaban J connectivity index is 2.82. The summed E-state index contributed by atoms with van der Waals surface area (Å²) in [5.74, 6) is -1.62. The predicted molar refractivity (Wildman–Crippen MR) is 72.0 cm³/mol. The van der Waals surface area contributed by atoms with E-state index >= 15 is 0 Å². The number of aldehydes is 1. The van der Waals surface area contributed by atoms with Crippen LogP contribution >= 0.6 is 0 Å². The van der Waals surface area contributed by atoms with Crippen molar-refractivity contribution in [1.29, 1.82) is 0 Å². The molecule has 0 radical (unpaired) electrons. The predicted octanol–water partition coefficient (Wildman–Crippen LogP) is 1.14. The summed E-state index contributed by atoms with van der Waals surface area (Å²) in [4.78, 5) is 34.1. The van der Waals surface area contributed by atoms with E-state index in [4.69, 9.17) is 0 Å². The molecule has 0 spiro atoms. The monoisotopic (exact) mass is 280 g/mol. The average molecular weight is 280 g/mol. The summed E-state index contributed by atoms with van der Waals surface area (Å²) < 4.78 is 13.5. The lowest BCUT2D eigenvalue weighted by molar-refractivity contribution is -0.128. The van der Waals surface area contributed by atoms with Gasteiger partial charge in [-0.2, -0.15) is 0 Å². The Hall–Kier alpha value is -2.24. The lowest BCUT2D eigenvalue weighted by atomic mass is 9.92. The third-order valence-corrected chi connectivity index (χ3v) is 2.90. The van der Waals surface area contributed by atoms with Gasteiger partial charge in [-0.1, -0.05) is 0 Å². The number of carbonyl (C=O) groups is 3. The van der Waals surface area contributed by atoms with Crippen LogP contribution in [0.5, 0.6) is 0 Å². The van der Waals surface area contributed by atoms with E-state index in [2.05, 4.69) is 10.6 Å². The minimum atomic E-state index is -0.816. The molecule has 1 aromatic rings. The van der Waals surface area contributed by atoms with Crippen molar-refractivity contribution in [2.24, 2.45) is 5.41 Å². The molecule has 2 N–H and O–H groups in total. The summed E-state index contributed by atoms with van der Waals surface area (Å²) in [5.41, 5.74) is -0.826. The zero-order valence-electron chi connectivity index (χ0n) is 11.6. The Morgan fingerprint density at radius 1 is 1.35 bits per heavy atom. The fourth-order valence-electron chi connectivity index (χ4n) is 1.61. The zero-order valence-corrected chi connectivity index (χ0v) is 11.6. The average Bonchev–Trinajstić information content (AvgIpc) is 2.44. The molecule has 0 saturated carbocycles. The summed E-state index contributed by atoms with van der Waals surface area (Å²) >= 11 is 0. The van der Waals surface area contributed by atoms with Gasteiger partial charge < -0.3 is 10.6 Å². The summed E-state index contributed by atoms with van der Waals surface area (Å²) in [6.07, 6.45) is 0.532. The molecule has 0 heterocycles. The van der Waals surface area contributed by atoms with E-state index in [0.29, 0.717) is 6.29 Å². The maximum absolute atomic E-state index is 13.5. The van der Waals surface area contributed by atoms with Gasteiger partial charge in [-0.25, -0.2) is 4.39 Å². The van der Waals surface area contributed by atoms with E-state index < -0.39 is 17.1 Å². The number of hydrogen-bond donors (Lipinski definition) is 2. The van der Waals surface area contributed by atoms with Crippen molar-refractivity contribution in [1.82, 2.24) is 10.6 Å². The van der Waals surface area contributed by atoms with Gasteiger partial charge >= 0.3 is 0 Å². The van der Waals surface area contributed by atoms with Gasteiger partial charge in [0, 0.05) is 19.2 Å². The highest BCUT2D eigenvalue weighted by Crippen LogP contribution is 2.14. The smallest absolute Gasteiger partial charge is 0.254 e. The molecule has 0 aliphatic heterocycles. The molecule has 0 aromatic heterocycles. The molecule has 0 aliphatic carbocycles. The van der Waals surface area contributed by atoms with E-state index in [0.717, 1.165) is 6.07 Å². The van der Waals surface area contributed by atoms with Crippen LogP contribution in [0.3, 0.4) is 0 Å². The third kappa shape index (κ3) is 3.63. The van der Waals surface area contributed by atoms with E-state index in [9.17, 15) is 18.8 Å². The molecule has 0 saturated heterocycles. The van der Waals surface area contributed by atoms with Gasteiger partial charge in [-0.05, 0) is 32.0 Å². The first-order valence-corrected chi connectivity index (χ1v) is 6.07. The second-order valence-electron chi connectivity index (χ2n) is 5.00. The van der Waals surface area contributed by atoms with Gasteiger partial charge in [0.15, 0.2) is 0 Å². The van der Waals surface area contributed by atoms with Crippen LogP contribution in [0.2, 0.25) is 0 Å². The van der Waals surface area contributed by atoms with E-state index in [-0.39, 0.29) is 23.6 Å². The van der Waals surface area contributed by atoms with Gasteiger partial charge in [0.2, 0.25) is 5.91 Å². The number of rotatable bonds is 5. The molecule has 0 bridgehead atoms. The largest absolute Gasteiger partial charge is 0.359 e. The molecule has 108 valence electrons. The van der Waals surface area contributed by atoms with Gasteiger partial charge in [-0.15, -0.1) is 0 Å². The van der Waals surface area contributed by atoms with Gasteiger partial charge in [0.1, 0.15) is 12.1 Å². The fraction of sp³-hybridized carbons (Fsp3) is 0.357. The first-order valence-electron chi connectivity index (χ1n) is 6.07. The quantitative estimate of drug-likeness (QED) is 0.794. The number of nitrogens with one attached hydrogen (secondary N) is 2. The van der Waals surface area contributed by atoms with Crippen LogP contribution in [0.4, 0.5) is 4.39 Å². The molecule has 0 fully saturated rings. The number of halogens is 1. The molecule has 6 heteroatoms. The SMILES string of the molecule is CNC(=O)C(C)(C)CNC(=O)c1cc(C=O)ccc1F. The second kappa shape index (κ2) is 6.27. The Morgan fingerprint density at radius 2 is 2.00 bits per heavy atom. The molecule has 1 rings (SSSR count). The molecule has 0 aliphatic rings. The van der Waals surface area contributed by atoms with Crippen LogP contribution in [0, 0.1) is 11.2 Å². The van der Waals surface area contributed by atoms with Crippen LogP contribution in [0.25, 0.3) is 0 Å². The van der Waals surface area contributed by atoms with Crippen molar-refractivity contribution in [2.75, 3.05) is 13.6 Å². The number of benzene rings is 1. The zero-order chi connectivity index (χ0) is 15.3. The minimum Gasteiger partial charge on any atom is -0.359 e. The molecule has 0 unspecified atom stereocenters. The van der Waals surface area contributed by atoms with Gasteiger partial charge in [0.05, 0.1) is 11.0 Å². The highest BCUT2D eigenvalue weighted by molar-refractivity contribution is 5.96. The van der Waals surface area contributed by atoms with Crippen LogP contribution in [0.1, 0.15) is 34.6 Å². The van der Waals surface area contributed by atoms with E-state index in [1.54, 1.807) is 13.8 Å². The fourth-order valence-corrected chi connectivity index (χ4v) is 1.61. The summed E-state index contributed by atoms with van der Waals surface area (Å²) in [5, 5.41) is 4.98. The molecular formula is C14H17FN2O3. The minimum absolute atomic E-state index is 0.0518. The summed E-state index contributed by atoms with van der Waals surface area (Å²) in [6.45, 7) is 3.37. The van der Waals surface area contributed by atoms with Crippen molar-refractivity contribution in [3.8, 4) is 0 Å². The highest BCUT2D eigenvalue weighted by Gasteiger charge is 2.27. The lowest BCUT2D eigenvalue weighted by Crippen LogP contribution is -2.43. The van der Waals surface area contributed by atoms with Crippen LogP contribution < -0.4 is 10.6 Å². The molecule has 5 nitrogen and oxygen atoms in total. The maximum Gasteiger partial charge on any atom is 0.254 e. The van der Waals surface area contributed by atoms with Crippen molar-refractivity contribution in [3.63, 3.8) is 0 Å². The molecular weight excluding hydrogens is 263 g/mol. The Morgan fingerprint density at radius 3 is 2.55 bits per heavy atom. The number of amides is 2. The first kappa shape index (κ1) is 15.8. The van der Waals surface area contributed by atoms with Crippen LogP contribution in [-0.2, 0) is 4.79 Å². The van der Waals surface area contributed by atoms with Gasteiger partial charge in [0.25, 0.3) is 5.91 Å². The van der Waals surface area contributed by atoms with Crippen molar-refractivity contribution < 1.29 is 18.8 Å². The normalized spacial score (nSPS) is 10.8. The molecule has 1 aromatic carbocycles. The Labute approximate surface area is 116 Å². The topological polar surface area (TPSA) is 75.3 Å². The van der Waals surface area contributed by atoms with E-state index in [1.807, 2.05) is 0 Å². The molecule has 20 heavy (non-hydrogen) atoms. The molecule has 0 atom stereocenters. The van der Waals surface area contributed by atoms with Gasteiger partial charge in [-0.3, -0.25) is 14.4 Å². The van der Waals surface area contributed by atoms with Crippen LogP contribution in [-0.4, -0.2) is 31.7 Å². The van der Waals surface area contributed by atoms with Crippen molar-refractivity contribution in [3.05, 3.63) is 35.1 Å². The standard InChI is InChI=1S/C14H17FN2O3/c1-14(2,13(20)16-3)8-17-12(19)10-6-9(7-18)4-5-11(10)15/h4-7H,8H2,1-3H3,(H,16,20)(H,17,19). The highest BCUT2D eigenvalue weighted by atomic mass is 19.1. The maximum atomic E-state index is 13.5.